The van der Waals surface area contributed by atoms with Gasteiger partial charge in [-0.2, -0.15) is 5.26 Å². The molecule has 2 saturated carbocycles. The van der Waals surface area contributed by atoms with E-state index in [1.807, 2.05) is 12.1 Å². The first-order chi connectivity index (χ1) is 16.8. The van der Waals surface area contributed by atoms with E-state index in [-0.39, 0.29) is 24.1 Å². The number of rotatable bonds is 8. The van der Waals surface area contributed by atoms with E-state index in [4.69, 9.17) is 10.00 Å². The number of benzene rings is 2. The van der Waals surface area contributed by atoms with Crippen LogP contribution >= 0.6 is 0 Å². The third-order valence-electron chi connectivity index (χ3n) is 7.40. The van der Waals surface area contributed by atoms with Gasteiger partial charge in [0.2, 0.25) is 0 Å². The number of hydrogen-bond donors (Lipinski definition) is 2. The number of carbonyl (C=O) groups is 1. The van der Waals surface area contributed by atoms with Crippen LogP contribution in [0.2, 0.25) is 0 Å². The van der Waals surface area contributed by atoms with E-state index in [2.05, 4.69) is 5.32 Å². The number of para-hydroxylation sites is 1. The zero-order valence-corrected chi connectivity index (χ0v) is 20.1. The Morgan fingerprint density at radius 3 is 2.46 bits per heavy atom. The van der Waals surface area contributed by atoms with Gasteiger partial charge in [0.1, 0.15) is 22.0 Å². The second kappa shape index (κ2) is 8.54. The maximum Gasteiger partial charge on any atom is 0.263 e. The smallest absolute Gasteiger partial charge is 0.263 e. The number of pyridine rings is 1. The maximum atomic E-state index is 13.1. The number of nitriles is 1. The molecule has 0 atom stereocenters. The highest BCUT2D eigenvalue weighted by atomic mass is 32.2. The Morgan fingerprint density at radius 2 is 1.86 bits per heavy atom. The summed E-state index contributed by atoms with van der Waals surface area (Å²) in [5, 5.41) is 12.3. The molecule has 1 N–H and O–H groups in total. The minimum absolute atomic E-state index is 0.0183. The fraction of sp³-hybridized carbons (Fsp3) is 0.346. The summed E-state index contributed by atoms with van der Waals surface area (Å²) in [5.74, 6) is 0.00452. The van der Waals surface area contributed by atoms with Gasteiger partial charge in [0.25, 0.3) is 11.5 Å². The number of fused-ring (bicyclic) bond motifs is 1. The Hall–Kier alpha value is -3.64. The normalized spacial score (nSPS) is 17.1. The SMILES string of the molecule is Cn1c(=O)c(C(=O)NCc2ccc(C#N)cc2)cc2cccc(OCC3(C4([SH](=O)=O)CC4)CC3)c21. The van der Waals surface area contributed by atoms with Crippen LogP contribution < -0.4 is 15.6 Å². The van der Waals surface area contributed by atoms with E-state index in [9.17, 15) is 18.0 Å². The minimum atomic E-state index is -2.51. The number of ether oxygens (including phenoxy) is 1. The second-order valence-electron chi connectivity index (χ2n) is 9.47. The van der Waals surface area contributed by atoms with Crippen LogP contribution in [0.3, 0.4) is 0 Å². The van der Waals surface area contributed by atoms with Crippen LogP contribution in [0, 0.1) is 16.7 Å². The van der Waals surface area contributed by atoms with Gasteiger partial charge in [0, 0.05) is 24.4 Å². The molecule has 1 heterocycles. The summed E-state index contributed by atoms with van der Waals surface area (Å²) in [4.78, 5) is 25.9. The predicted octanol–water partition coefficient (Wildman–Crippen LogP) is 2.64. The lowest BCUT2D eigenvalue weighted by Gasteiger charge is -2.23. The number of thiol groups is 1. The summed E-state index contributed by atoms with van der Waals surface area (Å²) in [5.41, 5.74) is 1.14. The molecule has 180 valence electrons. The highest BCUT2D eigenvalue weighted by Gasteiger charge is 2.68. The van der Waals surface area contributed by atoms with Crippen molar-refractivity contribution in [2.24, 2.45) is 12.5 Å². The molecule has 8 nitrogen and oxygen atoms in total. The molecule has 2 fully saturated rings. The minimum Gasteiger partial charge on any atom is -0.491 e. The molecule has 2 aliphatic rings. The van der Waals surface area contributed by atoms with Crippen LogP contribution in [-0.4, -0.2) is 30.2 Å². The summed E-state index contributed by atoms with van der Waals surface area (Å²) >= 11 is 0. The largest absolute Gasteiger partial charge is 0.491 e. The van der Waals surface area contributed by atoms with E-state index in [1.165, 1.54) is 4.57 Å². The Labute approximate surface area is 204 Å². The van der Waals surface area contributed by atoms with Crippen LogP contribution in [0.1, 0.15) is 47.2 Å². The van der Waals surface area contributed by atoms with Gasteiger partial charge >= 0.3 is 0 Å². The molecule has 35 heavy (non-hydrogen) atoms. The number of amides is 1. The van der Waals surface area contributed by atoms with Crippen molar-refractivity contribution in [3.05, 3.63) is 75.6 Å². The van der Waals surface area contributed by atoms with Crippen LogP contribution in [0.25, 0.3) is 10.9 Å². The van der Waals surface area contributed by atoms with Crippen LogP contribution in [-0.2, 0) is 24.3 Å². The lowest BCUT2D eigenvalue weighted by Crippen LogP contribution is -2.33. The number of nitrogens with zero attached hydrogens (tertiary/aromatic N) is 2. The molecule has 5 rings (SSSR count). The molecule has 3 aromatic rings. The quantitative estimate of drug-likeness (QED) is 0.468. The fourth-order valence-corrected chi connectivity index (χ4v) is 6.06. The van der Waals surface area contributed by atoms with Crippen molar-refractivity contribution in [2.45, 2.75) is 37.0 Å². The Balaban J connectivity index is 1.37. The molecule has 2 aliphatic carbocycles. The molecule has 9 heteroatoms. The summed E-state index contributed by atoms with van der Waals surface area (Å²) in [6.45, 7) is 0.511. The highest BCUT2D eigenvalue weighted by Crippen LogP contribution is 2.66. The highest BCUT2D eigenvalue weighted by molar-refractivity contribution is 7.74. The predicted molar refractivity (Wildman–Crippen MR) is 131 cm³/mol. The topological polar surface area (TPSA) is 118 Å². The molecule has 0 unspecified atom stereocenters. The first kappa shape index (κ1) is 23.1. The Kier molecular flexibility index (Phi) is 5.64. The average molecular weight is 492 g/mol. The summed E-state index contributed by atoms with van der Waals surface area (Å²) in [7, 11) is -0.917. The third-order valence-corrected chi connectivity index (χ3v) is 9.02. The van der Waals surface area contributed by atoms with Crippen molar-refractivity contribution in [2.75, 3.05) is 6.61 Å². The van der Waals surface area contributed by atoms with Crippen molar-refractivity contribution in [3.8, 4) is 11.8 Å². The number of aryl methyl sites for hydroxylation is 1. The Morgan fingerprint density at radius 1 is 1.14 bits per heavy atom. The van der Waals surface area contributed by atoms with Gasteiger partial charge in [-0.05, 0) is 55.5 Å². The summed E-state index contributed by atoms with van der Waals surface area (Å²) < 4.78 is 30.6. The molecule has 0 saturated heterocycles. The lowest BCUT2D eigenvalue weighted by molar-refractivity contribution is 0.0949. The molecular formula is C26H25N3O5S. The number of aromatic nitrogens is 1. The van der Waals surface area contributed by atoms with Crippen LogP contribution in [0.5, 0.6) is 5.75 Å². The molecule has 0 aliphatic heterocycles. The van der Waals surface area contributed by atoms with Gasteiger partial charge < -0.3 is 14.6 Å². The number of nitrogens with one attached hydrogen (secondary N) is 1. The van der Waals surface area contributed by atoms with Crippen molar-refractivity contribution in [3.63, 3.8) is 0 Å². The lowest BCUT2D eigenvalue weighted by atomic mass is 10.0. The van der Waals surface area contributed by atoms with E-state index in [0.717, 1.165) is 18.4 Å². The van der Waals surface area contributed by atoms with Crippen molar-refractivity contribution >= 4 is 27.5 Å². The molecule has 2 aromatic carbocycles. The third kappa shape index (κ3) is 3.98. The summed E-state index contributed by atoms with van der Waals surface area (Å²) in [6.07, 6.45) is 3.02. The fourth-order valence-electron chi connectivity index (χ4n) is 4.90. The van der Waals surface area contributed by atoms with Crippen molar-refractivity contribution in [1.82, 2.24) is 9.88 Å². The molecule has 0 radical (unpaired) electrons. The monoisotopic (exact) mass is 491 g/mol. The van der Waals surface area contributed by atoms with Gasteiger partial charge in [-0.3, -0.25) is 9.59 Å². The Bertz CT molecular complexity index is 1500. The molecule has 0 spiro atoms. The van der Waals surface area contributed by atoms with Gasteiger partial charge in [0.15, 0.2) is 0 Å². The van der Waals surface area contributed by atoms with Crippen LogP contribution in [0.15, 0.2) is 53.3 Å². The summed E-state index contributed by atoms with van der Waals surface area (Å²) in [6, 6.07) is 15.8. The standard InChI is InChI=1S/C26H25N3O5S/c1-29-22-19(3-2-4-21(22)34-16-25(9-10-25)26(11-12-26)35(32)33)13-20(24(29)31)23(30)28-15-18-7-5-17(14-27)6-8-18/h2-8,13,35H,9-12,15-16H2,1H3,(H,28,30). The maximum absolute atomic E-state index is 13.1. The van der Waals surface area contributed by atoms with E-state index in [1.54, 1.807) is 49.5 Å². The first-order valence-corrected chi connectivity index (χ1v) is 12.7. The molecular weight excluding hydrogens is 466 g/mol. The average Bonchev–Trinajstić information content (AvgIpc) is 3.78. The zero-order valence-electron chi connectivity index (χ0n) is 19.2. The first-order valence-electron chi connectivity index (χ1n) is 11.5. The van der Waals surface area contributed by atoms with Gasteiger partial charge in [-0.15, -0.1) is 0 Å². The van der Waals surface area contributed by atoms with Crippen molar-refractivity contribution < 1.29 is 17.9 Å². The van der Waals surface area contributed by atoms with Crippen molar-refractivity contribution in [1.29, 1.82) is 5.26 Å². The molecule has 1 amide bonds. The van der Waals surface area contributed by atoms with Gasteiger partial charge in [-0.25, -0.2) is 8.42 Å². The van der Waals surface area contributed by atoms with Gasteiger partial charge in [-0.1, -0.05) is 24.3 Å². The number of hydrogen-bond acceptors (Lipinski definition) is 6. The van der Waals surface area contributed by atoms with E-state index in [0.29, 0.717) is 35.1 Å². The zero-order chi connectivity index (χ0) is 24.8. The number of carbonyl (C=O) groups excluding carboxylic acids is 1. The van der Waals surface area contributed by atoms with Gasteiger partial charge in [0.05, 0.1) is 28.5 Å². The molecule has 1 aromatic heterocycles. The van der Waals surface area contributed by atoms with E-state index >= 15 is 0 Å². The van der Waals surface area contributed by atoms with Crippen LogP contribution in [0.4, 0.5) is 0 Å². The molecule has 0 bridgehead atoms. The van der Waals surface area contributed by atoms with E-state index < -0.39 is 26.9 Å². The second-order valence-corrected chi connectivity index (χ2v) is 10.8.